The van der Waals surface area contributed by atoms with Gasteiger partial charge in [0.2, 0.25) is 0 Å². The van der Waals surface area contributed by atoms with Gasteiger partial charge in [-0.1, -0.05) is 6.92 Å². The van der Waals surface area contributed by atoms with Crippen LogP contribution in [0.1, 0.15) is 35.9 Å². The van der Waals surface area contributed by atoms with E-state index in [2.05, 4.69) is 16.5 Å². The summed E-state index contributed by atoms with van der Waals surface area (Å²) in [7, 11) is 0. The van der Waals surface area contributed by atoms with E-state index in [1.165, 1.54) is 12.8 Å². The van der Waals surface area contributed by atoms with Crippen LogP contribution in [-0.2, 0) is 13.0 Å². The van der Waals surface area contributed by atoms with Crippen LogP contribution >= 0.6 is 0 Å². The van der Waals surface area contributed by atoms with Crippen LogP contribution < -0.4 is 0 Å². The summed E-state index contributed by atoms with van der Waals surface area (Å²) in [5, 5.41) is 9.06. The molecule has 0 bridgehead atoms. The van der Waals surface area contributed by atoms with Crippen molar-refractivity contribution in [3.63, 3.8) is 0 Å². The summed E-state index contributed by atoms with van der Waals surface area (Å²) in [4.78, 5) is 15.6. The van der Waals surface area contributed by atoms with E-state index in [1.54, 1.807) is 18.2 Å². The van der Waals surface area contributed by atoms with Gasteiger partial charge in [-0.2, -0.15) is 0 Å². The standard InChI is InChI=1S/C14H16N2O2/c1-2-13-15-11-6-5-10(14(17)18)7-12(11)16(13)8-9-3-4-9/h5-7,9H,2-4,8H2,1H3,(H,17,18). The Bertz CT molecular complexity index is 612. The van der Waals surface area contributed by atoms with Gasteiger partial charge < -0.3 is 9.67 Å². The molecule has 0 amide bonds. The van der Waals surface area contributed by atoms with E-state index in [-0.39, 0.29) is 0 Å². The summed E-state index contributed by atoms with van der Waals surface area (Å²) in [5.74, 6) is 0.926. The minimum absolute atomic E-state index is 0.335. The van der Waals surface area contributed by atoms with Crippen molar-refractivity contribution in [1.82, 2.24) is 9.55 Å². The van der Waals surface area contributed by atoms with Crippen LogP contribution in [0.4, 0.5) is 0 Å². The number of carbonyl (C=O) groups is 1. The number of benzene rings is 1. The lowest BCUT2D eigenvalue weighted by atomic mass is 10.2. The highest BCUT2D eigenvalue weighted by molar-refractivity contribution is 5.92. The number of hydrogen-bond acceptors (Lipinski definition) is 2. The Kier molecular flexibility index (Phi) is 2.58. The summed E-state index contributed by atoms with van der Waals surface area (Å²) in [6, 6.07) is 5.17. The molecular formula is C14H16N2O2. The Labute approximate surface area is 105 Å². The lowest BCUT2D eigenvalue weighted by Crippen LogP contribution is -2.05. The van der Waals surface area contributed by atoms with Crippen LogP contribution in [0.2, 0.25) is 0 Å². The molecule has 1 N–H and O–H groups in total. The lowest BCUT2D eigenvalue weighted by molar-refractivity contribution is 0.0697. The molecule has 94 valence electrons. The van der Waals surface area contributed by atoms with Gasteiger partial charge in [0.15, 0.2) is 0 Å². The van der Waals surface area contributed by atoms with Crippen molar-refractivity contribution in [2.24, 2.45) is 5.92 Å². The van der Waals surface area contributed by atoms with Gasteiger partial charge in [-0.05, 0) is 37.0 Å². The number of imidazole rings is 1. The first kappa shape index (κ1) is 11.3. The number of carboxylic acid groups (broad SMARTS) is 1. The predicted octanol–water partition coefficient (Wildman–Crippen LogP) is 2.71. The van der Waals surface area contributed by atoms with Gasteiger partial charge in [0, 0.05) is 13.0 Å². The van der Waals surface area contributed by atoms with Gasteiger partial charge in [-0.25, -0.2) is 9.78 Å². The Balaban J connectivity index is 2.14. The van der Waals surface area contributed by atoms with E-state index in [0.717, 1.165) is 35.7 Å². The SMILES string of the molecule is CCc1nc2ccc(C(=O)O)cc2n1CC1CC1. The number of aromatic carboxylic acids is 1. The van der Waals surface area contributed by atoms with Crippen molar-refractivity contribution in [2.45, 2.75) is 32.7 Å². The first-order valence-corrected chi connectivity index (χ1v) is 6.41. The van der Waals surface area contributed by atoms with Crippen LogP contribution in [0.5, 0.6) is 0 Å². The Hall–Kier alpha value is -1.84. The molecule has 0 radical (unpaired) electrons. The third-order valence-electron chi connectivity index (χ3n) is 3.53. The lowest BCUT2D eigenvalue weighted by Gasteiger charge is -2.07. The largest absolute Gasteiger partial charge is 0.478 e. The molecule has 3 rings (SSSR count). The van der Waals surface area contributed by atoms with Gasteiger partial charge in [0.05, 0.1) is 16.6 Å². The van der Waals surface area contributed by atoms with Gasteiger partial charge in [-0.3, -0.25) is 0 Å². The molecule has 1 saturated carbocycles. The maximum absolute atomic E-state index is 11.0. The number of aromatic nitrogens is 2. The van der Waals surface area contributed by atoms with Gasteiger partial charge in [0.1, 0.15) is 5.82 Å². The number of rotatable bonds is 4. The van der Waals surface area contributed by atoms with E-state index >= 15 is 0 Å². The molecule has 0 atom stereocenters. The molecule has 0 unspecified atom stereocenters. The zero-order valence-corrected chi connectivity index (χ0v) is 10.4. The summed E-state index contributed by atoms with van der Waals surface area (Å²) < 4.78 is 2.19. The second kappa shape index (κ2) is 4.12. The van der Waals surface area contributed by atoms with Gasteiger partial charge >= 0.3 is 5.97 Å². The van der Waals surface area contributed by atoms with Crippen molar-refractivity contribution < 1.29 is 9.90 Å². The molecular weight excluding hydrogens is 228 g/mol. The van der Waals surface area contributed by atoms with Crippen molar-refractivity contribution >= 4 is 17.0 Å². The second-order valence-corrected chi connectivity index (χ2v) is 4.94. The summed E-state index contributed by atoms with van der Waals surface area (Å²) in [5.41, 5.74) is 2.19. The molecule has 0 spiro atoms. The number of carboxylic acids is 1. The molecule has 0 saturated heterocycles. The van der Waals surface area contributed by atoms with Gasteiger partial charge in [-0.15, -0.1) is 0 Å². The third-order valence-corrected chi connectivity index (χ3v) is 3.53. The number of nitrogens with zero attached hydrogens (tertiary/aromatic N) is 2. The fourth-order valence-corrected chi connectivity index (χ4v) is 2.34. The maximum atomic E-state index is 11.0. The first-order valence-electron chi connectivity index (χ1n) is 6.41. The molecule has 1 aliphatic rings. The van der Waals surface area contributed by atoms with E-state index in [1.807, 2.05) is 0 Å². The first-order chi connectivity index (χ1) is 8.69. The fourth-order valence-electron chi connectivity index (χ4n) is 2.34. The smallest absolute Gasteiger partial charge is 0.335 e. The highest BCUT2D eigenvalue weighted by atomic mass is 16.4. The molecule has 1 aromatic carbocycles. The molecule has 4 nitrogen and oxygen atoms in total. The Morgan fingerprint density at radius 1 is 1.50 bits per heavy atom. The normalized spacial score (nSPS) is 15.2. The topological polar surface area (TPSA) is 55.1 Å². The zero-order valence-electron chi connectivity index (χ0n) is 10.4. The van der Waals surface area contributed by atoms with Gasteiger partial charge in [0.25, 0.3) is 0 Å². The quantitative estimate of drug-likeness (QED) is 0.899. The molecule has 18 heavy (non-hydrogen) atoms. The molecule has 1 aromatic heterocycles. The molecule has 2 aromatic rings. The van der Waals surface area contributed by atoms with Crippen molar-refractivity contribution in [3.8, 4) is 0 Å². The summed E-state index contributed by atoms with van der Waals surface area (Å²) in [6.07, 6.45) is 3.44. The van der Waals surface area contributed by atoms with Crippen molar-refractivity contribution in [1.29, 1.82) is 0 Å². The second-order valence-electron chi connectivity index (χ2n) is 4.94. The molecule has 1 aliphatic carbocycles. The third kappa shape index (κ3) is 1.88. The molecule has 4 heteroatoms. The number of fused-ring (bicyclic) bond motifs is 1. The highest BCUT2D eigenvalue weighted by Gasteiger charge is 2.24. The molecule has 0 aliphatic heterocycles. The van der Waals surface area contributed by atoms with Crippen LogP contribution in [0.15, 0.2) is 18.2 Å². The van der Waals surface area contributed by atoms with Crippen molar-refractivity contribution in [2.75, 3.05) is 0 Å². The number of aryl methyl sites for hydroxylation is 1. The molecule has 1 heterocycles. The van der Waals surface area contributed by atoms with E-state index < -0.39 is 5.97 Å². The highest BCUT2D eigenvalue weighted by Crippen LogP contribution is 2.32. The van der Waals surface area contributed by atoms with Crippen LogP contribution in [0.25, 0.3) is 11.0 Å². The van der Waals surface area contributed by atoms with Crippen molar-refractivity contribution in [3.05, 3.63) is 29.6 Å². The average molecular weight is 244 g/mol. The number of hydrogen-bond donors (Lipinski definition) is 1. The van der Waals surface area contributed by atoms with Crippen LogP contribution in [-0.4, -0.2) is 20.6 Å². The molecule has 1 fully saturated rings. The minimum Gasteiger partial charge on any atom is -0.478 e. The van der Waals surface area contributed by atoms with E-state index in [4.69, 9.17) is 5.11 Å². The Morgan fingerprint density at radius 2 is 2.28 bits per heavy atom. The average Bonchev–Trinajstić information content (AvgIpc) is 3.10. The summed E-state index contributed by atoms with van der Waals surface area (Å²) in [6.45, 7) is 3.06. The van der Waals surface area contributed by atoms with E-state index in [0.29, 0.717) is 5.56 Å². The van der Waals surface area contributed by atoms with Crippen LogP contribution in [0, 0.1) is 5.92 Å². The minimum atomic E-state index is -0.880. The monoisotopic (exact) mass is 244 g/mol. The zero-order chi connectivity index (χ0) is 12.7. The predicted molar refractivity (Wildman–Crippen MR) is 68.8 cm³/mol. The fraction of sp³-hybridized carbons (Fsp3) is 0.429. The van der Waals surface area contributed by atoms with E-state index in [9.17, 15) is 4.79 Å². The Morgan fingerprint density at radius 3 is 2.89 bits per heavy atom. The summed E-state index contributed by atoms with van der Waals surface area (Å²) >= 11 is 0. The van der Waals surface area contributed by atoms with Crippen LogP contribution in [0.3, 0.4) is 0 Å². The maximum Gasteiger partial charge on any atom is 0.335 e.